The van der Waals surface area contributed by atoms with Crippen molar-refractivity contribution in [3.63, 3.8) is 0 Å². The third-order valence-electron chi connectivity index (χ3n) is 19.9. The van der Waals surface area contributed by atoms with E-state index in [2.05, 4.69) is 26.1 Å². The number of nitrogens with one attached hydrogen (secondary N) is 1. The molecule has 9 rings (SSSR count). The zero-order valence-electron chi connectivity index (χ0n) is 41.7. The molecular formula is C56H76F3N2O9+. The quantitative estimate of drug-likeness (QED) is 0.102. The largest absolute Gasteiger partial charge is 0.490 e. The van der Waals surface area contributed by atoms with Gasteiger partial charge in [0, 0.05) is 49.7 Å². The SMILES string of the molecule is CC(C)[C@H](NC(=O)CC[C@@H](C)C1CCC2C3C(CC[C@@]21C)[C@@]1(C)CC[C@@H](O)CC1C[C@H]3O)C(=O)OC(C(=O)OC1CC2CCC(C1OC(=O)C(F)(F)F)[N+]21CCCC1)(c1ccccc1)c1ccccc1. The Labute approximate surface area is 411 Å². The molecule has 9 unspecified atom stereocenters. The van der Waals surface area contributed by atoms with Crippen molar-refractivity contribution in [2.45, 2.75) is 185 Å². The first-order valence-electron chi connectivity index (χ1n) is 26.6. The van der Waals surface area contributed by atoms with E-state index in [0.717, 1.165) is 77.3 Å². The zero-order chi connectivity index (χ0) is 50.0. The Morgan fingerprint density at radius 3 is 2.03 bits per heavy atom. The molecule has 11 nitrogen and oxygen atoms in total. The molecule has 2 bridgehead atoms. The first-order chi connectivity index (χ1) is 33.2. The average Bonchev–Trinajstić information content (AvgIpc) is 4.02. The summed E-state index contributed by atoms with van der Waals surface area (Å²) in [4.78, 5) is 56.8. The number of nitrogens with zero attached hydrogens (tertiary/aromatic N) is 1. The number of aliphatic hydroxyl groups is 2. The molecule has 3 N–H and O–H groups in total. The summed E-state index contributed by atoms with van der Waals surface area (Å²) < 4.78 is 60.3. The maximum atomic E-state index is 15.3. The summed E-state index contributed by atoms with van der Waals surface area (Å²) in [6, 6.07) is 15.0. The number of esters is 3. The standard InChI is InChI=1S/C56H75F3N2O9/c1-33(2)48(60-46(64)23-18-34(3)40-20-21-41-47-42(25-27-54(40,41)5)53(4)26-24-39(62)30-37(53)31-44(47)63)50(65)70-55(35-14-8-6-9-15-35,36-16-10-7-11-17-36)51(66)68-45-32-38-19-22-43(61(38)28-12-13-29-61)49(45)69-52(67)56(57,58)59/h6-11,14-17,33-34,37-45,47-49,62-63H,12-13,18-32H2,1-5H3/p+1/t34-,37?,38?,39-,40?,41?,42?,43?,44-,45?,47?,48+,49?,53+,54-/m1/s1. The highest BCUT2D eigenvalue weighted by molar-refractivity contribution is 5.91. The summed E-state index contributed by atoms with van der Waals surface area (Å²) in [5.41, 5.74) is -1.64. The Bertz CT molecular complexity index is 2180. The number of quaternary nitrogens is 1. The van der Waals surface area contributed by atoms with Gasteiger partial charge in [-0.1, -0.05) is 95.3 Å². The predicted molar refractivity (Wildman–Crippen MR) is 254 cm³/mol. The van der Waals surface area contributed by atoms with E-state index in [0.29, 0.717) is 47.4 Å². The molecule has 15 atom stereocenters. The molecule has 14 heteroatoms. The maximum Gasteiger partial charge on any atom is 0.490 e. The molecule has 384 valence electrons. The molecule has 3 saturated heterocycles. The van der Waals surface area contributed by atoms with E-state index in [1.165, 1.54) is 0 Å². The van der Waals surface area contributed by atoms with Crippen molar-refractivity contribution in [2.24, 2.45) is 52.3 Å². The molecule has 4 saturated carbocycles. The second kappa shape index (κ2) is 19.4. The number of rotatable bonds is 13. The van der Waals surface area contributed by atoms with E-state index in [-0.39, 0.29) is 70.8 Å². The second-order valence-corrected chi connectivity index (χ2v) is 23.7. The minimum atomic E-state index is -5.26. The zero-order valence-corrected chi connectivity index (χ0v) is 41.7. The van der Waals surface area contributed by atoms with Crippen LogP contribution < -0.4 is 5.32 Å². The van der Waals surface area contributed by atoms with E-state index in [1.54, 1.807) is 74.5 Å². The molecule has 2 aromatic rings. The van der Waals surface area contributed by atoms with Crippen molar-refractivity contribution in [1.82, 2.24) is 5.32 Å². The number of aliphatic hydroxyl groups excluding tert-OH is 2. The van der Waals surface area contributed by atoms with Crippen molar-refractivity contribution in [1.29, 1.82) is 0 Å². The van der Waals surface area contributed by atoms with E-state index >= 15 is 4.79 Å². The van der Waals surface area contributed by atoms with Crippen molar-refractivity contribution >= 4 is 23.8 Å². The highest BCUT2D eigenvalue weighted by atomic mass is 19.4. The van der Waals surface area contributed by atoms with Crippen molar-refractivity contribution < 1.29 is 61.3 Å². The molecule has 7 fully saturated rings. The fourth-order valence-electron chi connectivity index (χ4n) is 16.5. The van der Waals surface area contributed by atoms with Crippen LogP contribution in [0.25, 0.3) is 0 Å². The monoisotopic (exact) mass is 978 g/mol. The number of amides is 1. The number of alkyl halides is 3. The van der Waals surface area contributed by atoms with Crippen LogP contribution in [0.4, 0.5) is 13.2 Å². The number of fused-ring (bicyclic) bond motifs is 5. The Balaban J connectivity index is 0.922. The molecule has 3 heterocycles. The van der Waals surface area contributed by atoms with Gasteiger partial charge in [-0.2, -0.15) is 13.2 Å². The molecule has 7 aliphatic rings. The lowest BCUT2D eigenvalue weighted by atomic mass is 9.43. The van der Waals surface area contributed by atoms with Crippen molar-refractivity contribution in [3.05, 3.63) is 71.8 Å². The van der Waals surface area contributed by atoms with Gasteiger partial charge >= 0.3 is 24.1 Å². The van der Waals surface area contributed by atoms with Gasteiger partial charge in [0.15, 0.2) is 12.2 Å². The van der Waals surface area contributed by atoms with Gasteiger partial charge in [0.05, 0.1) is 31.3 Å². The number of carbonyl (C=O) groups excluding carboxylic acids is 4. The smallest absolute Gasteiger partial charge is 0.454 e. The normalized spacial score (nSPS) is 36.3. The lowest BCUT2D eigenvalue weighted by Gasteiger charge is -2.62. The molecule has 1 amide bonds. The Hall–Kier alpha value is -4.01. The third kappa shape index (κ3) is 8.89. The fourth-order valence-corrected chi connectivity index (χ4v) is 16.5. The van der Waals surface area contributed by atoms with Crippen LogP contribution in [-0.2, 0) is 39.0 Å². The molecule has 4 aliphatic carbocycles. The Kier molecular flexibility index (Phi) is 14.1. The van der Waals surface area contributed by atoms with Gasteiger partial charge in [0.25, 0.3) is 5.60 Å². The number of benzene rings is 2. The van der Waals surface area contributed by atoms with Gasteiger partial charge in [-0.25, -0.2) is 14.4 Å². The van der Waals surface area contributed by atoms with Crippen LogP contribution in [0.15, 0.2) is 60.7 Å². The summed E-state index contributed by atoms with van der Waals surface area (Å²) in [5.74, 6) is -3.09. The highest BCUT2D eigenvalue weighted by Crippen LogP contribution is 2.68. The minimum absolute atomic E-state index is 0.0119. The number of ether oxygens (including phenoxy) is 3. The number of piperidine rings is 1. The summed E-state index contributed by atoms with van der Waals surface area (Å²) in [6.45, 7) is 12.1. The van der Waals surface area contributed by atoms with E-state index < -0.39 is 59.9 Å². The van der Waals surface area contributed by atoms with Crippen LogP contribution in [-0.4, -0.2) is 100 Å². The van der Waals surface area contributed by atoms with E-state index in [9.17, 15) is 37.8 Å². The number of carbonyl (C=O) groups is 4. The Morgan fingerprint density at radius 1 is 0.771 bits per heavy atom. The van der Waals surface area contributed by atoms with Gasteiger partial charge in [-0.15, -0.1) is 0 Å². The van der Waals surface area contributed by atoms with Crippen LogP contribution >= 0.6 is 0 Å². The fraction of sp³-hybridized carbons (Fsp3) is 0.714. The van der Waals surface area contributed by atoms with Gasteiger partial charge in [-0.05, 0) is 110 Å². The third-order valence-corrected chi connectivity index (χ3v) is 19.9. The predicted octanol–water partition coefficient (Wildman–Crippen LogP) is 8.95. The van der Waals surface area contributed by atoms with E-state index in [4.69, 9.17) is 14.2 Å². The minimum Gasteiger partial charge on any atom is -0.454 e. The van der Waals surface area contributed by atoms with Crippen molar-refractivity contribution in [3.8, 4) is 0 Å². The van der Waals surface area contributed by atoms with Gasteiger partial charge in [-0.3, -0.25) is 4.79 Å². The van der Waals surface area contributed by atoms with Gasteiger partial charge < -0.3 is 34.2 Å². The highest BCUT2D eigenvalue weighted by Gasteiger charge is 2.65. The number of hydrogen-bond acceptors (Lipinski definition) is 9. The molecule has 2 aromatic carbocycles. The summed E-state index contributed by atoms with van der Waals surface area (Å²) in [7, 11) is 0. The maximum absolute atomic E-state index is 15.3. The summed E-state index contributed by atoms with van der Waals surface area (Å²) >= 11 is 0. The summed E-state index contributed by atoms with van der Waals surface area (Å²) in [6.07, 6.45) is 2.97. The second-order valence-electron chi connectivity index (χ2n) is 23.7. The first kappa shape index (κ1) is 50.9. The van der Waals surface area contributed by atoms with Crippen LogP contribution in [0.3, 0.4) is 0 Å². The van der Waals surface area contributed by atoms with Crippen molar-refractivity contribution in [2.75, 3.05) is 13.1 Å². The van der Waals surface area contributed by atoms with Crippen LogP contribution in [0.2, 0.25) is 0 Å². The molecular weight excluding hydrogens is 902 g/mol. The van der Waals surface area contributed by atoms with Crippen LogP contribution in [0.1, 0.15) is 142 Å². The molecule has 3 aliphatic heterocycles. The lowest BCUT2D eigenvalue weighted by Crippen LogP contribution is -2.67. The topological polar surface area (TPSA) is 148 Å². The number of hydrogen-bond donors (Lipinski definition) is 3. The molecule has 0 aromatic heterocycles. The molecule has 0 radical (unpaired) electrons. The van der Waals surface area contributed by atoms with Gasteiger partial charge in [0.1, 0.15) is 12.1 Å². The lowest BCUT2D eigenvalue weighted by molar-refractivity contribution is -0.959. The van der Waals surface area contributed by atoms with Gasteiger partial charge in [0.2, 0.25) is 5.91 Å². The van der Waals surface area contributed by atoms with Crippen LogP contribution in [0, 0.1) is 52.3 Å². The first-order valence-corrected chi connectivity index (χ1v) is 26.6. The molecule has 70 heavy (non-hydrogen) atoms. The average molecular weight is 978 g/mol. The van der Waals surface area contributed by atoms with E-state index in [1.807, 2.05) is 0 Å². The molecule has 1 spiro atoms. The number of halogens is 3. The Morgan fingerprint density at radius 2 is 1.40 bits per heavy atom. The summed E-state index contributed by atoms with van der Waals surface area (Å²) in [5, 5.41) is 25.2. The van der Waals surface area contributed by atoms with Crippen LogP contribution in [0.5, 0.6) is 0 Å².